The lowest BCUT2D eigenvalue weighted by molar-refractivity contribution is 0.0941. The number of benzene rings is 1. The van der Waals surface area contributed by atoms with Crippen molar-refractivity contribution in [3.8, 4) is 0 Å². The fourth-order valence-corrected chi connectivity index (χ4v) is 4.15. The largest absolute Gasteiger partial charge is 0.345 e. The number of amides is 1. The van der Waals surface area contributed by atoms with Crippen molar-refractivity contribution in [1.29, 1.82) is 0 Å². The summed E-state index contributed by atoms with van der Waals surface area (Å²) in [6.45, 7) is 7.44. The molecule has 0 spiro atoms. The van der Waals surface area contributed by atoms with E-state index in [1.54, 1.807) is 6.20 Å². The molecular weight excluding hydrogens is 386 g/mol. The lowest BCUT2D eigenvalue weighted by Gasteiger charge is -2.32. The predicted octanol–water partition coefficient (Wildman–Crippen LogP) is 3.61. The first-order valence-electron chi connectivity index (χ1n) is 11.2. The molecule has 0 fully saturated rings. The summed E-state index contributed by atoms with van der Waals surface area (Å²) in [4.78, 5) is 19.8. The van der Waals surface area contributed by atoms with Crippen LogP contribution in [0.3, 0.4) is 0 Å². The van der Waals surface area contributed by atoms with Crippen LogP contribution in [0.5, 0.6) is 0 Å². The Bertz CT molecular complexity index is 1000. The van der Waals surface area contributed by atoms with E-state index < -0.39 is 0 Å². The molecule has 3 heterocycles. The third kappa shape index (κ3) is 5.02. The summed E-state index contributed by atoms with van der Waals surface area (Å²) in [5.74, 6) is -0.119. The number of carbonyl (C=O) groups excluding carboxylic acids is 1. The second-order valence-corrected chi connectivity index (χ2v) is 8.21. The number of fused-ring (bicyclic) bond motifs is 1. The minimum Gasteiger partial charge on any atom is -0.345 e. The summed E-state index contributed by atoms with van der Waals surface area (Å²) in [6, 6.07) is 16.7. The highest BCUT2D eigenvalue weighted by Gasteiger charge is 2.29. The number of carbonyl (C=O) groups is 1. The molecule has 0 saturated carbocycles. The molecular formula is C25H31N5O. The second kappa shape index (κ2) is 9.88. The van der Waals surface area contributed by atoms with Crippen LogP contribution < -0.4 is 5.32 Å². The van der Waals surface area contributed by atoms with Crippen LogP contribution >= 0.6 is 0 Å². The fraction of sp³-hybridized carbons (Fsp3) is 0.400. The van der Waals surface area contributed by atoms with Crippen LogP contribution in [-0.4, -0.2) is 38.2 Å². The number of hydrogen-bond donors (Lipinski definition) is 1. The smallest absolute Gasteiger partial charge is 0.272 e. The molecule has 3 aromatic rings. The first-order valence-corrected chi connectivity index (χ1v) is 11.2. The Hall–Kier alpha value is -2.99. The van der Waals surface area contributed by atoms with Crippen molar-refractivity contribution in [2.24, 2.45) is 0 Å². The normalized spacial score (nSPS) is 14.8. The number of nitrogens with zero attached hydrogens (tertiary/aromatic N) is 4. The van der Waals surface area contributed by atoms with Crippen LogP contribution in [0.4, 0.5) is 0 Å². The molecule has 6 heteroatoms. The number of pyridine rings is 1. The summed E-state index contributed by atoms with van der Waals surface area (Å²) < 4.78 is 2.06. The van der Waals surface area contributed by atoms with E-state index in [-0.39, 0.29) is 5.91 Å². The first kappa shape index (κ1) is 21.2. The Kier molecular flexibility index (Phi) is 6.77. The van der Waals surface area contributed by atoms with Gasteiger partial charge in [0.15, 0.2) is 5.69 Å². The summed E-state index contributed by atoms with van der Waals surface area (Å²) in [6.07, 6.45) is 4.67. The van der Waals surface area contributed by atoms with Crippen LogP contribution in [-0.2, 0) is 32.5 Å². The predicted molar refractivity (Wildman–Crippen MR) is 122 cm³/mol. The molecule has 0 radical (unpaired) electrons. The zero-order chi connectivity index (χ0) is 21.6. The topological polar surface area (TPSA) is 63.1 Å². The van der Waals surface area contributed by atoms with Crippen LogP contribution in [0.1, 0.15) is 53.3 Å². The van der Waals surface area contributed by atoms with Gasteiger partial charge in [-0.1, -0.05) is 43.3 Å². The highest BCUT2D eigenvalue weighted by molar-refractivity contribution is 5.94. The number of hydrogen-bond acceptors (Lipinski definition) is 4. The average Bonchev–Trinajstić information content (AvgIpc) is 3.20. The van der Waals surface area contributed by atoms with E-state index in [1.807, 2.05) is 24.3 Å². The van der Waals surface area contributed by atoms with Crippen molar-refractivity contribution in [2.45, 2.75) is 58.8 Å². The van der Waals surface area contributed by atoms with Crippen LogP contribution in [0, 0.1) is 0 Å². The third-order valence-corrected chi connectivity index (χ3v) is 6.20. The van der Waals surface area contributed by atoms with Gasteiger partial charge in [-0.3, -0.25) is 19.4 Å². The Morgan fingerprint density at radius 1 is 1.16 bits per heavy atom. The zero-order valence-electron chi connectivity index (χ0n) is 18.4. The van der Waals surface area contributed by atoms with E-state index in [0.717, 1.165) is 50.2 Å². The Balaban J connectivity index is 1.55. The zero-order valence-corrected chi connectivity index (χ0v) is 18.4. The van der Waals surface area contributed by atoms with Crippen molar-refractivity contribution in [3.05, 3.63) is 82.9 Å². The van der Waals surface area contributed by atoms with E-state index in [1.165, 1.54) is 11.3 Å². The molecule has 1 aromatic carbocycles. The van der Waals surface area contributed by atoms with E-state index in [4.69, 9.17) is 5.10 Å². The molecule has 2 aromatic heterocycles. The Morgan fingerprint density at radius 3 is 2.71 bits per heavy atom. The maximum Gasteiger partial charge on any atom is 0.272 e. The van der Waals surface area contributed by atoms with Crippen molar-refractivity contribution in [3.63, 3.8) is 0 Å². The van der Waals surface area contributed by atoms with Crippen molar-refractivity contribution in [1.82, 2.24) is 25.0 Å². The summed E-state index contributed by atoms with van der Waals surface area (Å²) in [5.41, 5.74) is 4.98. The molecule has 4 rings (SSSR count). The number of aromatic nitrogens is 3. The number of nitrogens with one attached hydrogen (secondary N) is 1. The average molecular weight is 418 g/mol. The third-order valence-electron chi connectivity index (χ3n) is 6.20. The van der Waals surface area contributed by atoms with Crippen molar-refractivity contribution in [2.75, 3.05) is 6.54 Å². The van der Waals surface area contributed by atoms with Crippen molar-refractivity contribution < 1.29 is 4.79 Å². The highest BCUT2D eigenvalue weighted by Crippen LogP contribution is 2.25. The molecule has 6 nitrogen and oxygen atoms in total. The van der Waals surface area contributed by atoms with Gasteiger partial charge in [0.2, 0.25) is 0 Å². The molecule has 1 aliphatic heterocycles. The van der Waals surface area contributed by atoms with Crippen LogP contribution in [0.15, 0.2) is 54.7 Å². The lowest BCUT2D eigenvalue weighted by atomic mass is 10.0. The van der Waals surface area contributed by atoms with E-state index in [9.17, 15) is 4.79 Å². The van der Waals surface area contributed by atoms with Gasteiger partial charge in [-0.15, -0.1) is 0 Å². The standard InChI is InChI=1S/C25H31N5O/c1-3-19(2)29-15-13-23-22(18-29)24(25(31)27-17-21-11-7-8-14-26-21)28-30(23)16-12-20-9-5-4-6-10-20/h4-11,14,19H,3,12-13,15-18H2,1-2H3,(H,27,31). The van der Waals surface area contributed by atoms with Crippen molar-refractivity contribution >= 4 is 5.91 Å². The van der Waals surface area contributed by atoms with Gasteiger partial charge in [0.05, 0.1) is 12.2 Å². The maximum absolute atomic E-state index is 13.1. The molecule has 1 unspecified atom stereocenters. The number of aryl methyl sites for hydroxylation is 2. The monoisotopic (exact) mass is 417 g/mol. The van der Waals surface area contributed by atoms with Gasteiger partial charge in [-0.05, 0) is 37.5 Å². The molecule has 162 valence electrons. The van der Waals surface area contributed by atoms with Crippen LogP contribution in [0.25, 0.3) is 0 Å². The highest BCUT2D eigenvalue weighted by atomic mass is 16.2. The molecule has 0 bridgehead atoms. The van der Waals surface area contributed by atoms with Gasteiger partial charge >= 0.3 is 0 Å². The SMILES string of the molecule is CCC(C)N1CCc2c(c(C(=O)NCc3ccccn3)nn2CCc2ccccc2)C1. The molecule has 1 amide bonds. The minimum atomic E-state index is -0.119. The molecule has 0 aliphatic carbocycles. The fourth-order valence-electron chi connectivity index (χ4n) is 4.15. The summed E-state index contributed by atoms with van der Waals surface area (Å²) >= 11 is 0. The van der Waals surface area contributed by atoms with E-state index >= 15 is 0 Å². The van der Waals surface area contributed by atoms with Gasteiger partial charge in [-0.25, -0.2) is 0 Å². The second-order valence-electron chi connectivity index (χ2n) is 8.21. The van der Waals surface area contributed by atoms with Gasteiger partial charge in [0.25, 0.3) is 5.91 Å². The quantitative estimate of drug-likeness (QED) is 0.608. The molecule has 1 N–H and O–H groups in total. The van der Waals surface area contributed by atoms with E-state index in [2.05, 4.69) is 58.0 Å². The molecule has 31 heavy (non-hydrogen) atoms. The summed E-state index contributed by atoms with van der Waals surface area (Å²) in [5, 5.41) is 7.81. The summed E-state index contributed by atoms with van der Waals surface area (Å²) in [7, 11) is 0. The molecule has 1 atom stereocenters. The van der Waals surface area contributed by atoms with Gasteiger partial charge in [0.1, 0.15) is 0 Å². The Morgan fingerprint density at radius 2 is 1.97 bits per heavy atom. The molecule has 1 aliphatic rings. The van der Waals surface area contributed by atoms with Gasteiger partial charge in [0, 0.05) is 49.6 Å². The van der Waals surface area contributed by atoms with Crippen LogP contribution in [0.2, 0.25) is 0 Å². The first-order chi connectivity index (χ1) is 15.2. The lowest BCUT2D eigenvalue weighted by Crippen LogP contribution is -2.38. The van der Waals surface area contributed by atoms with Gasteiger partial charge < -0.3 is 5.32 Å². The minimum absolute atomic E-state index is 0.119. The maximum atomic E-state index is 13.1. The van der Waals surface area contributed by atoms with Gasteiger partial charge in [-0.2, -0.15) is 5.10 Å². The Labute approximate surface area is 184 Å². The van der Waals surface area contributed by atoms with E-state index in [0.29, 0.717) is 18.3 Å². The number of rotatable bonds is 8. The molecule has 0 saturated heterocycles.